The van der Waals surface area contributed by atoms with Gasteiger partial charge in [0.15, 0.2) is 11.6 Å². The number of carbonyl (C=O) groups excluding carboxylic acids is 3. The highest BCUT2D eigenvalue weighted by atomic mass is 35.5. The smallest absolute Gasteiger partial charge is 0.337 e. The molecule has 2 amide bonds. The summed E-state index contributed by atoms with van der Waals surface area (Å²) in [5.41, 5.74) is 7.23. The highest BCUT2D eigenvalue weighted by molar-refractivity contribution is 6.31. The molecule has 8 aromatic rings. The molecule has 0 unspecified atom stereocenters. The highest BCUT2D eigenvalue weighted by Crippen LogP contribution is 2.33. The van der Waals surface area contributed by atoms with E-state index in [-0.39, 0.29) is 30.3 Å². The maximum Gasteiger partial charge on any atom is 0.337 e. The van der Waals surface area contributed by atoms with Crippen molar-refractivity contribution in [2.24, 2.45) is 0 Å². The van der Waals surface area contributed by atoms with E-state index in [1.807, 2.05) is 61.0 Å². The molecule has 13 nitrogen and oxygen atoms in total. The average molecular weight is 904 g/mol. The summed E-state index contributed by atoms with van der Waals surface area (Å²) < 4.78 is 20.5. The van der Waals surface area contributed by atoms with Crippen LogP contribution in [0.4, 0.5) is 11.6 Å². The summed E-state index contributed by atoms with van der Waals surface area (Å²) in [6.45, 7) is 13.0. The lowest BCUT2D eigenvalue weighted by molar-refractivity contribution is 0.0600. The van der Waals surface area contributed by atoms with Crippen molar-refractivity contribution in [2.45, 2.75) is 73.1 Å². The second-order valence-corrected chi connectivity index (χ2v) is 16.9. The topological polar surface area (TPSA) is 167 Å². The summed E-state index contributed by atoms with van der Waals surface area (Å²) in [7, 11) is 1.31. The normalized spacial score (nSPS) is 11.3. The van der Waals surface area contributed by atoms with Gasteiger partial charge in [0.1, 0.15) is 22.7 Å². The van der Waals surface area contributed by atoms with Gasteiger partial charge in [0.05, 0.1) is 32.4 Å². The fourth-order valence-corrected chi connectivity index (χ4v) is 7.51. The maximum absolute atomic E-state index is 12.6. The van der Waals surface area contributed by atoms with E-state index >= 15 is 0 Å². The number of methoxy groups -OCH3 is 1. The molecule has 4 aromatic carbocycles. The Kier molecular flexibility index (Phi) is 13.7. The Morgan fingerprint density at radius 1 is 0.641 bits per heavy atom. The van der Waals surface area contributed by atoms with E-state index in [0.717, 1.165) is 61.5 Å². The number of amides is 2. The summed E-state index contributed by atoms with van der Waals surface area (Å²) in [4.78, 5) is 36.7. The SMILES string of the molecule is COC(=O)c1ccc(C(=O)Nc2cc(C)n(Cc3cc(Cl)cc4cc(C(C)C)oc34)n2)cc1.Cc1cc(NC(=O)c2ccc(CO)cc2)nn1Cc1cc(Cl)cc2cc(C(C)C)oc12. The molecule has 0 spiro atoms. The molecule has 0 bridgehead atoms. The van der Waals surface area contributed by atoms with Gasteiger partial charge in [-0.15, -0.1) is 0 Å². The lowest BCUT2D eigenvalue weighted by Crippen LogP contribution is -2.13. The molecule has 4 heterocycles. The molecule has 4 aromatic heterocycles. The molecule has 330 valence electrons. The van der Waals surface area contributed by atoms with Gasteiger partial charge in [-0.2, -0.15) is 10.2 Å². The van der Waals surface area contributed by atoms with Crippen LogP contribution in [0.5, 0.6) is 0 Å². The van der Waals surface area contributed by atoms with Crippen LogP contribution < -0.4 is 10.6 Å². The Bertz CT molecular complexity index is 2980. The lowest BCUT2D eigenvalue weighted by Gasteiger charge is -2.07. The van der Waals surface area contributed by atoms with E-state index in [4.69, 9.17) is 37.1 Å². The Labute approximate surface area is 379 Å². The zero-order valence-electron chi connectivity index (χ0n) is 36.5. The molecule has 0 saturated heterocycles. The first-order valence-corrected chi connectivity index (χ1v) is 21.4. The molecule has 64 heavy (non-hydrogen) atoms. The molecular formula is C49H48Cl2N6O7. The van der Waals surface area contributed by atoms with Gasteiger partial charge in [0, 0.05) is 78.4 Å². The van der Waals surface area contributed by atoms with Gasteiger partial charge in [0.2, 0.25) is 0 Å². The molecule has 0 aliphatic carbocycles. The van der Waals surface area contributed by atoms with Crippen molar-refractivity contribution in [3.63, 3.8) is 0 Å². The number of aliphatic hydroxyl groups excluding tert-OH is 1. The van der Waals surface area contributed by atoms with Crippen LogP contribution in [0, 0.1) is 13.8 Å². The third-order valence-electron chi connectivity index (χ3n) is 10.5. The molecule has 8 rings (SSSR count). The monoisotopic (exact) mass is 902 g/mol. The number of nitrogens with zero attached hydrogens (tertiary/aromatic N) is 4. The number of carbonyl (C=O) groups is 3. The van der Waals surface area contributed by atoms with Crippen LogP contribution in [-0.2, 0) is 24.4 Å². The third-order valence-corrected chi connectivity index (χ3v) is 11.0. The Morgan fingerprint density at radius 2 is 1.05 bits per heavy atom. The molecule has 0 aliphatic rings. The molecule has 3 N–H and O–H groups in total. The Balaban J connectivity index is 0.000000192. The first-order valence-electron chi connectivity index (χ1n) is 20.6. The molecule has 0 radical (unpaired) electrons. The number of esters is 1. The number of hydrogen-bond donors (Lipinski definition) is 3. The van der Waals surface area contributed by atoms with Crippen molar-refractivity contribution < 1.29 is 33.1 Å². The Morgan fingerprint density at radius 3 is 1.44 bits per heavy atom. The van der Waals surface area contributed by atoms with E-state index in [9.17, 15) is 14.4 Å². The summed E-state index contributed by atoms with van der Waals surface area (Å²) in [6.07, 6.45) is 0. The summed E-state index contributed by atoms with van der Waals surface area (Å²) >= 11 is 12.7. The fraction of sp³-hybridized carbons (Fsp3) is 0.245. The van der Waals surface area contributed by atoms with Gasteiger partial charge >= 0.3 is 5.97 Å². The molecular weight excluding hydrogens is 855 g/mol. The molecule has 0 atom stereocenters. The number of anilines is 2. The summed E-state index contributed by atoms with van der Waals surface area (Å²) in [5.74, 6) is 2.21. The predicted molar refractivity (Wildman–Crippen MR) is 249 cm³/mol. The number of nitrogens with one attached hydrogen (secondary N) is 2. The van der Waals surface area contributed by atoms with Gasteiger partial charge in [0.25, 0.3) is 11.8 Å². The molecule has 15 heteroatoms. The Hall–Kier alpha value is -6.67. The minimum absolute atomic E-state index is 0.0589. The largest absolute Gasteiger partial charge is 0.465 e. The molecule has 0 fully saturated rings. The summed E-state index contributed by atoms with van der Waals surface area (Å²) in [6, 6.07) is 28.2. The van der Waals surface area contributed by atoms with Crippen molar-refractivity contribution in [2.75, 3.05) is 17.7 Å². The second-order valence-electron chi connectivity index (χ2n) is 16.1. The lowest BCUT2D eigenvalue weighted by atomic mass is 10.1. The van der Waals surface area contributed by atoms with Crippen LogP contribution in [0.2, 0.25) is 10.0 Å². The second kappa shape index (κ2) is 19.4. The number of aliphatic hydroxyl groups is 1. The fourth-order valence-electron chi connectivity index (χ4n) is 7.01. The average Bonchev–Trinajstić information content (AvgIpc) is 4.06. The van der Waals surface area contributed by atoms with Crippen LogP contribution in [0.1, 0.15) is 110 Å². The van der Waals surface area contributed by atoms with E-state index in [0.29, 0.717) is 51.5 Å². The van der Waals surface area contributed by atoms with Crippen molar-refractivity contribution in [3.8, 4) is 0 Å². The van der Waals surface area contributed by atoms with Crippen LogP contribution >= 0.6 is 23.2 Å². The van der Waals surface area contributed by atoms with Crippen molar-refractivity contribution >= 4 is 74.6 Å². The minimum atomic E-state index is -0.455. The van der Waals surface area contributed by atoms with Crippen LogP contribution in [0.25, 0.3) is 21.9 Å². The van der Waals surface area contributed by atoms with E-state index in [2.05, 4.69) is 53.3 Å². The number of aryl methyl sites for hydroxylation is 2. The molecule has 0 aliphatic heterocycles. The number of fused-ring (bicyclic) bond motifs is 2. The number of benzene rings is 4. The highest BCUT2D eigenvalue weighted by Gasteiger charge is 2.18. The number of ether oxygens (including phenoxy) is 1. The van der Waals surface area contributed by atoms with Gasteiger partial charge in [-0.25, -0.2) is 4.79 Å². The number of hydrogen-bond acceptors (Lipinski definition) is 9. The van der Waals surface area contributed by atoms with Crippen molar-refractivity contribution in [1.82, 2.24) is 19.6 Å². The van der Waals surface area contributed by atoms with E-state index < -0.39 is 5.97 Å². The van der Waals surface area contributed by atoms with Crippen LogP contribution in [-0.4, -0.2) is 49.6 Å². The van der Waals surface area contributed by atoms with Gasteiger partial charge in [-0.05, 0) is 92.2 Å². The number of furan rings is 2. The number of aromatic nitrogens is 4. The third kappa shape index (κ3) is 10.4. The van der Waals surface area contributed by atoms with Crippen LogP contribution in [0.3, 0.4) is 0 Å². The van der Waals surface area contributed by atoms with Crippen molar-refractivity contribution in [1.29, 1.82) is 0 Å². The molecule has 0 saturated carbocycles. The summed E-state index contributed by atoms with van der Waals surface area (Å²) in [5, 5.41) is 27.0. The first-order chi connectivity index (χ1) is 30.6. The first kappa shape index (κ1) is 45.4. The maximum atomic E-state index is 12.6. The quantitative estimate of drug-likeness (QED) is 0.101. The van der Waals surface area contributed by atoms with E-state index in [1.54, 1.807) is 59.3 Å². The minimum Gasteiger partial charge on any atom is -0.465 e. The van der Waals surface area contributed by atoms with Crippen molar-refractivity contribution in [3.05, 3.63) is 163 Å². The van der Waals surface area contributed by atoms with Crippen LogP contribution in [0.15, 0.2) is 106 Å². The van der Waals surface area contributed by atoms with Gasteiger partial charge in [-0.3, -0.25) is 19.0 Å². The number of rotatable bonds is 12. The zero-order chi connectivity index (χ0) is 45.8. The zero-order valence-corrected chi connectivity index (χ0v) is 38.0. The van der Waals surface area contributed by atoms with Gasteiger partial charge < -0.3 is 29.3 Å². The standard InChI is InChI=1S/C25H24ClN3O4.C24H24ClN3O3/c1-14(2)21-12-18-10-20(26)11-19(23(18)33-21)13-29-15(3)9-22(28-29)27-24(30)16-5-7-17(8-6-16)25(31)32-4;1-14(2)21-11-18-9-20(25)10-19(23(18)31-21)12-28-15(3)8-22(27-28)26-24(30)17-6-4-16(13-29)5-7-17/h5-12,14H,13H2,1-4H3,(H,27,28,30);4-11,14,29H,12-13H2,1-3H3,(H,26,27,30). The van der Waals surface area contributed by atoms with E-state index in [1.165, 1.54) is 7.11 Å². The predicted octanol–water partition coefficient (Wildman–Crippen LogP) is 11.3. The van der Waals surface area contributed by atoms with Gasteiger partial charge in [-0.1, -0.05) is 63.0 Å². The number of halogens is 2.